The van der Waals surface area contributed by atoms with E-state index in [-0.39, 0.29) is 5.82 Å². The Bertz CT molecular complexity index is 338. The lowest BCUT2D eigenvalue weighted by Gasteiger charge is -2.11. The van der Waals surface area contributed by atoms with E-state index in [1.54, 1.807) is 6.07 Å². The molecule has 1 aromatic carbocycles. The highest BCUT2D eigenvalue weighted by atomic mass is 19.1. The fourth-order valence-corrected chi connectivity index (χ4v) is 2.17. The number of likely N-dealkylation sites (N-methyl/N-ethyl adjacent to an activating group) is 1. The van der Waals surface area contributed by atoms with Crippen molar-refractivity contribution in [2.24, 2.45) is 5.73 Å². The summed E-state index contributed by atoms with van der Waals surface area (Å²) < 4.78 is 13.0. The molecule has 14 heavy (non-hydrogen) atoms. The molecule has 0 saturated heterocycles. The molecule has 1 aromatic rings. The zero-order chi connectivity index (χ0) is 10.1. The summed E-state index contributed by atoms with van der Waals surface area (Å²) in [7, 11) is 1.99. The second-order valence-corrected chi connectivity index (χ2v) is 3.86. The normalized spacial score (nSPS) is 19.9. The maximum absolute atomic E-state index is 13.0. The minimum atomic E-state index is -0.163. The first-order valence-electron chi connectivity index (χ1n) is 4.93. The van der Waals surface area contributed by atoms with Crippen molar-refractivity contribution in [3.05, 3.63) is 29.6 Å². The van der Waals surface area contributed by atoms with Gasteiger partial charge >= 0.3 is 0 Å². The van der Waals surface area contributed by atoms with Crippen molar-refractivity contribution in [2.45, 2.75) is 12.3 Å². The van der Waals surface area contributed by atoms with Gasteiger partial charge in [-0.15, -0.1) is 0 Å². The Morgan fingerprint density at radius 3 is 3.07 bits per heavy atom. The van der Waals surface area contributed by atoms with Gasteiger partial charge in [0.2, 0.25) is 0 Å². The number of fused-ring (bicyclic) bond motifs is 1. The summed E-state index contributed by atoms with van der Waals surface area (Å²) in [6.45, 7) is 1.64. The molecule has 0 saturated carbocycles. The van der Waals surface area contributed by atoms with Crippen LogP contribution in [0, 0.1) is 5.82 Å². The fourth-order valence-electron chi connectivity index (χ4n) is 2.17. The lowest BCUT2D eigenvalue weighted by atomic mass is 9.98. The minimum Gasteiger partial charge on any atom is -0.374 e. The van der Waals surface area contributed by atoms with Crippen LogP contribution in [0.5, 0.6) is 0 Å². The number of hydrogen-bond donors (Lipinski definition) is 1. The van der Waals surface area contributed by atoms with Crippen molar-refractivity contribution < 1.29 is 4.39 Å². The summed E-state index contributed by atoms with van der Waals surface area (Å²) in [5.41, 5.74) is 7.80. The van der Waals surface area contributed by atoms with Crippen LogP contribution < -0.4 is 10.6 Å². The van der Waals surface area contributed by atoms with E-state index in [1.807, 2.05) is 13.1 Å². The Hall–Kier alpha value is -1.09. The van der Waals surface area contributed by atoms with Crippen molar-refractivity contribution in [3.63, 3.8) is 0 Å². The lowest BCUT2D eigenvalue weighted by Crippen LogP contribution is -2.17. The number of nitrogens with zero attached hydrogens (tertiary/aromatic N) is 1. The Morgan fingerprint density at radius 2 is 2.36 bits per heavy atom. The van der Waals surface area contributed by atoms with Gasteiger partial charge in [0.25, 0.3) is 0 Å². The monoisotopic (exact) mass is 194 g/mol. The van der Waals surface area contributed by atoms with Crippen molar-refractivity contribution in [1.82, 2.24) is 0 Å². The highest BCUT2D eigenvalue weighted by Crippen LogP contribution is 2.37. The molecule has 0 fully saturated rings. The molecule has 1 unspecified atom stereocenters. The van der Waals surface area contributed by atoms with Gasteiger partial charge < -0.3 is 10.6 Å². The van der Waals surface area contributed by atoms with Gasteiger partial charge in [-0.2, -0.15) is 0 Å². The van der Waals surface area contributed by atoms with Crippen molar-refractivity contribution in [1.29, 1.82) is 0 Å². The Balaban J connectivity index is 2.34. The van der Waals surface area contributed by atoms with E-state index in [1.165, 1.54) is 11.6 Å². The van der Waals surface area contributed by atoms with E-state index in [9.17, 15) is 4.39 Å². The summed E-state index contributed by atoms with van der Waals surface area (Å²) in [6.07, 6.45) is 0.975. The number of anilines is 1. The Morgan fingerprint density at radius 1 is 1.57 bits per heavy atom. The molecule has 76 valence electrons. The third-order valence-electron chi connectivity index (χ3n) is 2.85. The predicted molar refractivity (Wildman–Crippen MR) is 56.1 cm³/mol. The molecule has 1 aliphatic heterocycles. The summed E-state index contributed by atoms with van der Waals surface area (Å²) >= 11 is 0. The van der Waals surface area contributed by atoms with Gasteiger partial charge in [-0.05, 0) is 30.7 Å². The molecular formula is C11H15FN2. The quantitative estimate of drug-likeness (QED) is 0.776. The number of halogens is 1. The largest absolute Gasteiger partial charge is 0.374 e. The van der Waals surface area contributed by atoms with E-state index in [0.717, 1.165) is 18.7 Å². The molecule has 3 heteroatoms. The maximum atomic E-state index is 13.0. The highest BCUT2D eigenvalue weighted by molar-refractivity contribution is 5.59. The zero-order valence-corrected chi connectivity index (χ0v) is 8.33. The van der Waals surface area contributed by atoms with E-state index in [4.69, 9.17) is 5.73 Å². The molecule has 2 N–H and O–H groups in total. The first-order valence-corrected chi connectivity index (χ1v) is 4.93. The second-order valence-electron chi connectivity index (χ2n) is 3.86. The van der Waals surface area contributed by atoms with Gasteiger partial charge in [0.05, 0.1) is 0 Å². The van der Waals surface area contributed by atoms with Crippen LogP contribution in [-0.4, -0.2) is 20.1 Å². The predicted octanol–water partition coefficient (Wildman–Crippen LogP) is 1.71. The summed E-state index contributed by atoms with van der Waals surface area (Å²) in [5, 5.41) is 0. The first-order chi connectivity index (χ1) is 6.72. The lowest BCUT2D eigenvalue weighted by molar-refractivity contribution is 0.627. The van der Waals surface area contributed by atoms with E-state index in [2.05, 4.69) is 4.90 Å². The van der Waals surface area contributed by atoms with Crippen LogP contribution in [0.15, 0.2) is 18.2 Å². The number of nitrogens with two attached hydrogens (primary N) is 1. The second kappa shape index (κ2) is 3.58. The number of hydrogen-bond acceptors (Lipinski definition) is 2. The van der Waals surface area contributed by atoms with Gasteiger partial charge in [-0.25, -0.2) is 4.39 Å². The molecule has 2 nitrogen and oxygen atoms in total. The highest BCUT2D eigenvalue weighted by Gasteiger charge is 2.25. The molecule has 0 aliphatic carbocycles. The number of benzene rings is 1. The van der Waals surface area contributed by atoms with E-state index < -0.39 is 0 Å². The van der Waals surface area contributed by atoms with Crippen LogP contribution >= 0.6 is 0 Å². The molecule has 1 aliphatic rings. The molecule has 1 atom stereocenters. The van der Waals surface area contributed by atoms with Gasteiger partial charge in [0.15, 0.2) is 0 Å². The third-order valence-corrected chi connectivity index (χ3v) is 2.85. The molecule has 0 spiro atoms. The number of rotatable bonds is 2. The van der Waals surface area contributed by atoms with Crippen molar-refractivity contribution in [3.8, 4) is 0 Å². The van der Waals surface area contributed by atoms with Gasteiger partial charge in [-0.3, -0.25) is 0 Å². The molecule has 0 bridgehead atoms. The van der Waals surface area contributed by atoms with Crippen LogP contribution in [0.25, 0.3) is 0 Å². The first kappa shape index (κ1) is 9.46. The van der Waals surface area contributed by atoms with Gasteiger partial charge in [-0.1, -0.05) is 6.07 Å². The van der Waals surface area contributed by atoms with Crippen LogP contribution in [-0.2, 0) is 0 Å². The Labute approximate surface area is 83.5 Å². The molecule has 1 heterocycles. The minimum absolute atomic E-state index is 0.163. The zero-order valence-electron chi connectivity index (χ0n) is 8.33. The summed E-state index contributed by atoms with van der Waals surface area (Å²) in [6, 6.07) is 5.02. The summed E-state index contributed by atoms with van der Waals surface area (Å²) in [5.74, 6) is 0.310. The van der Waals surface area contributed by atoms with Crippen LogP contribution in [0.2, 0.25) is 0 Å². The van der Waals surface area contributed by atoms with E-state index >= 15 is 0 Å². The van der Waals surface area contributed by atoms with Crippen LogP contribution in [0.3, 0.4) is 0 Å². The third kappa shape index (κ3) is 1.48. The van der Waals surface area contributed by atoms with Crippen molar-refractivity contribution >= 4 is 5.69 Å². The molecule has 0 aromatic heterocycles. The molecule has 0 radical (unpaired) electrons. The van der Waals surface area contributed by atoms with Crippen molar-refractivity contribution in [2.75, 3.05) is 25.0 Å². The SMILES string of the molecule is CN1CC(CCN)c2ccc(F)cc21. The molecule has 2 rings (SSSR count). The van der Waals surface area contributed by atoms with Crippen LogP contribution in [0.4, 0.5) is 10.1 Å². The average Bonchev–Trinajstić information content (AvgIpc) is 2.44. The van der Waals surface area contributed by atoms with Gasteiger partial charge in [0, 0.05) is 25.2 Å². The smallest absolute Gasteiger partial charge is 0.125 e. The topological polar surface area (TPSA) is 29.3 Å². The van der Waals surface area contributed by atoms with Gasteiger partial charge in [0.1, 0.15) is 5.82 Å². The standard InChI is InChI=1S/C11H15FN2/c1-14-7-8(4-5-13)10-3-2-9(12)6-11(10)14/h2-3,6,8H,4-5,7,13H2,1H3. The Kier molecular flexibility index (Phi) is 2.42. The average molecular weight is 194 g/mol. The summed E-state index contributed by atoms with van der Waals surface area (Å²) in [4.78, 5) is 2.10. The molecular weight excluding hydrogens is 179 g/mol. The van der Waals surface area contributed by atoms with Crippen LogP contribution in [0.1, 0.15) is 17.9 Å². The fraction of sp³-hybridized carbons (Fsp3) is 0.455. The van der Waals surface area contributed by atoms with E-state index in [0.29, 0.717) is 12.5 Å². The maximum Gasteiger partial charge on any atom is 0.125 e. The molecule has 0 amide bonds.